The molecular weight excluding hydrogens is 440 g/mol. The molecule has 34 heavy (non-hydrogen) atoms. The summed E-state index contributed by atoms with van der Waals surface area (Å²) in [7, 11) is 2.82. The van der Waals surface area contributed by atoms with Crippen molar-refractivity contribution < 1.29 is 23.9 Å². The van der Waals surface area contributed by atoms with Crippen LogP contribution in [0.2, 0.25) is 0 Å². The number of anilines is 1. The van der Waals surface area contributed by atoms with Crippen molar-refractivity contribution in [1.29, 1.82) is 0 Å². The van der Waals surface area contributed by atoms with Crippen LogP contribution in [0.5, 0.6) is 0 Å². The first-order valence-corrected chi connectivity index (χ1v) is 11.1. The topological polar surface area (TPSA) is 126 Å². The number of aromatic nitrogens is 2. The van der Waals surface area contributed by atoms with Crippen LogP contribution in [0.4, 0.5) is 5.82 Å². The van der Waals surface area contributed by atoms with E-state index in [0.29, 0.717) is 18.9 Å². The third kappa shape index (κ3) is 4.65. The number of esters is 1. The van der Waals surface area contributed by atoms with E-state index in [-0.39, 0.29) is 18.0 Å². The van der Waals surface area contributed by atoms with Crippen LogP contribution in [0.3, 0.4) is 0 Å². The highest BCUT2D eigenvalue weighted by atomic mass is 16.5. The van der Waals surface area contributed by atoms with E-state index in [9.17, 15) is 19.2 Å². The van der Waals surface area contributed by atoms with Crippen molar-refractivity contribution in [2.45, 2.75) is 32.4 Å². The van der Waals surface area contributed by atoms with Crippen molar-refractivity contribution in [3.8, 4) is 0 Å². The molecule has 1 unspecified atom stereocenters. The van der Waals surface area contributed by atoms with Crippen LogP contribution in [-0.4, -0.2) is 63.7 Å². The van der Waals surface area contributed by atoms with E-state index in [4.69, 9.17) is 0 Å². The van der Waals surface area contributed by atoms with Crippen LogP contribution in [0.1, 0.15) is 47.4 Å². The van der Waals surface area contributed by atoms with Gasteiger partial charge in [-0.05, 0) is 17.5 Å². The lowest BCUT2D eigenvalue weighted by Crippen LogP contribution is -2.46. The smallest absolute Gasteiger partial charge is 0.358 e. The van der Waals surface area contributed by atoms with Crippen LogP contribution in [-0.2, 0) is 32.7 Å². The predicted molar refractivity (Wildman–Crippen MR) is 121 cm³/mol. The van der Waals surface area contributed by atoms with Gasteiger partial charge in [-0.1, -0.05) is 31.2 Å². The second-order valence-corrected chi connectivity index (χ2v) is 8.53. The van der Waals surface area contributed by atoms with Gasteiger partial charge in [-0.2, -0.15) is 5.10 Å². The summed E-state index contributed by atoms with van der Waals surface area (Å²) in [6.07, 6.45) is 0.778. The lowest BCUT2D eigenvalue weighted by Gasteiger charge is -2.28. The molecule has 3 heterocycles. The molecule has 4 rings (SSSR count). The first kappa shape index (κ1) is 23.4. The Morgan fingerprint density at radius 2 is 2.00 bits per heavy atom. The van der Waals surface area contributed by atoms with Gasteiger partial charge in [0.15, 0.2) is 5.69 Å². The highest BCUT2D eigenvalue weighted by Crippen LogP contribution is 2.30. The van der Waals surface area contributed by atoms with Gasteiger partial charge in [-0.3, -0.25) is 24.1 Å². The summed E-state index contributed by atoms with van der Waals surface area (Å²) in [5.41, 5.74) is 1.83. The minimum absolute atomic E-state index is 0.0626. The van der Waals surface area contributed by atoms with E-state index in [0.717, 1.165) is 24.1 Å². The van der Waals surface area contributed by atoms with E-state index in [1.165, 1.54) is 17.9 Å². The number of nitrogens with one attached hydrogen (secondary N) is 2. The number of methoxy groups -OCH3 is 1. The van der Waals surface area contributed by atoms with Crippen molar-refractivity contribution >= 4 is 29.5 Å². The van der Waals surface area contributed by atoms with Gasteiger partial charge in [0.1, 0.15) is 11.9 Å². The standard InChI is InChI=1S/C23H28N6O5/c1-14(11-19(30)24-18-12-17(23(33)34-3)26-27(18)2)21(31)25-20-16-8-5-4-7-15(16)13-28-9-6-10-29(28)22(20)32/h4-5,7-8,12,14,20H,6,9-11,13H2,1-3H3,(H,24,30)(H,25,31)/t14?,20-/m0/s1. The number of hydrazine groups is 1. The molecule has 0 bridgehead atoms. The second kappa shape index (κ2) is 9.64. The molecule has 180 valence electrons. The minimum atomic E-state index is -0.808. The van der Waals surface area contributed by atoms with E-state index in [1.54, 1.807) is 19.0 Å². The molecule has 0 spiro atoms. The maximum atomic E-state index is 13.3. The van der Waals surface area contributed by atoms with Gasteiger partial charge in [0.25, 0.3) is 5.91 Å². The zero-order valence-corrected chi connectivity index (χ0v) is 19.4. The summed E-state index contributed by atoms with van der Waals surface area (Å²) in [4.78, 5) is 50.5. The van der Waals surface area contributed by atoms with E-state index < -0.39 is 29.7 Å². The number of nitrogens with zero attached hydrogens (tertiary/aromatic N) is 4. The van der Waals surface area contributed by atoms with Gasteiger partial charge in [0.2, 0.25) is 11.8 Å². The summed E-state index contributed by atoms with van der Waals surface area (Å²) in [6.45, 7) is 3.66. The Labute approximate surface area is 197 Å². The molecule has 1 fully saturated rings. The Kier molecular flexibility index (Phi) is 6.64. The molecule has 2 N–H and O–H groups in total. The zero-order chi connectivity index (χ0) is 24.4. The lowest BCUT2D eigenvalue weighted by molar-refractivity contribution is -0.148. The second-order valence-electron chi connectivity index (χ2n) is 8.53. The number of hydrogen-bond acceptors (Lipinski definition) is 7. The fourth-order valence-electron chi connectivity index (χ4n) is 4.29. The molecule has 0 radical (unpaired) electrons. The molecule has 0 saturated carbocycles. The molecule has 2 aliphatic rings. The molecule has 11 heteroatoms. The van der Waals surface area contributed by atoms with Crippen molar-refractivity contribution in [1.82, 2.24) is 25.1 Å². The number of ether oxygens (including phenoxy) is 1. The van der Waals surface area contributed by atoms with Crippen molar-refractivity contribution in [2.75, 3.05) is 25.5 Å². The van der Waals surface area contributed by atoms with Crippen LogP contribution in [0.15, 0.2) is 30.3 Å². The summed E-state index contributed by atoms with van der Waals surface area (Å²) in [5.74, 6) is -1.98. The summed E-state index contributed by atoms with van der Waals surface area (Å²) in [6, 6.07) is 8.20. The number of fused-ring (bicyclic) bond motifs is 2. The normalized spacial score (nSPS) is 18.5. The van der Waals surface area contributed by atoms with Crippen molar-refractivity contribution in [2.24, 2.45) is 13.0 Å². The quantitative estimate of drug-likeness (QED) is 0.606. The van der Waals surface area contributed by atoms with Gasteiger partial charge < -0.3 is 15.4 Å². The van der Waals surface area contributed by atoms with E-state index in [1.807, 2.05) is 29.3 Å². The van der Waals surface area contributed by atoms with Crippen molar-refractivity contribution in [3.05, 3.63) is 47.2 Å². The van der Waals surface area contributed by atoms with Crippen LogP contribution in [0, 0.1) is 5.92 Å². The summed E-state index contributed by atoms with van der Waals surface area (Å²) < 4.78 is 5.98. The molecule has 1 aromatic carbocycles. The third-order valence-corrected chi connectivity index (χ3v) is 6.12. The first-order valence-electron chi connectivity index (χ1n) is 11.1. The Bertz CT molecular complexity index is 1130. The molecule has 2 atom stereocenters. The summed E-state index contributed by atoms with van der Waals surface area (Å²) >= 11 is 0. The number of carbonyl (C=O) groups is 4. The Balaban J connectivity index is 1.43. The molecule has 11 nitrogen and oxygen atoms in total. The van der Waals surface area contributed by atoms with Crippen LogP contribution in [0.25, 0.3) is 0 Å². The Morgan fingerprint density at radius 3 is 2.76 bits per heavy atom. The van der Waals surface area contributed by atoms with Gasteiger partial charge in [0, 0.05) is 45.1 Å². The number of amides is 3. The van der Waals surface area contributed by atoms with Gasteiger partial charge in [-0.25, -0.2) is 9.80 Å². The lowest BCUT2D eigenvalue weighted by atomic mass is 9.98. The van der Waals surface area contributed by atoms with Gasteiger partial charge >= 0.3 is 5.97 Å². The highest BCUT2D eigenvalue weighted by molar-refractivity contribution is 5.96. The molecule has 0 aliphatic carbocycles. The average Bonchev–Trinajstić information content (AvgIpc) is 3.40. The number of rotatable bonds is 6. The first-order chi connectivity index (χ1) is 16.3. The fraction of sp³-hybridized carbons (Fsp3) is 0.435. The number of carbonyl (C=O) groups excluding carboxylic acids is 4. The van der Waals surface area contributed by atoms with Crippen molar-refractivity contribution in [3.63, 3.8) is 0 Å². The maximum Gasteiger partial charge on any atom is 0.358 e. The average molecular weight is 469 g/mol. The molecular formula is C23H28N6O5. The van der Waals surface area contributed by atoms with Gasteiger partial charge in [0.05, 0.1) is 7.11 Å². The third-order valence-electron chi connectivity index (χ3n) is 6.12. The molecule has 3 amide bonds. The van der Waals surface area contributed by atoms with Gasteiger partial charge in [-0.15, -0.1) is 0 Å². The van der Waals surface area contributed by atoms with E-state index in [2.05, 4.69) is 20.5 Å². The number of aryl methyl sites for hydroxylation is 1. The summed E-state index contributed by atoms with van der Waals surface area (Å²) in [5, 5.41) is 13.2. The zero-order valence-electron chi connectivity index (χ0n) is 19.4. The van der Waals surface area contributed by atoms with Crippen LogP contribution >= 0.6 is 0 Å². The minimum Gasteiger partial charge on any atom is -0.464 e. The largest absolute Gasteiger partial charge is 0.464 e. The van der Waals surface area contributed by atoms with E-state index >= 15 is 0 Å². The maximum absolute atomic E-state index is 13.3. The predicted octanol–water partition coefficient (Wildman–Crippen LogP) is 0.992. The molecule has 2 aliphatic heterocycles. The monoisotopic (exact) mass is 468 g/mol. The SMILES string of the molecule is COC(=O)c1cc(NC(=O)CC(C)C(=O)N[C@@H]2C(=O)N3CCCN3Cc3ccccc32)n(C)n1. The molecule has 1 saturated heterocycles. The fourth-order valence-corrected chi connectivity index (χ4v) is 4.29. The highest BCUT2D eigenvalue weighted by Gasteiger charge is 2.38. The molecule has 2 aromatic rings. The number of hydrogen-bond donors (Lipinski definition) is 2. The number of benzene rings is 1. The Hall–Kier alpha value is -3.73. The molecule has 1 aromatic heterocycles. The Morgan fingerprint density at radius 1 is 1.24 bits per heavy atom. The van der Waals surface area contributed by atoms with Crippen LogP contribution < -0.4 is 10.6 Å².